The summed E-state index contributed by atoms with van der Waals surface area (Å²) in [5.74, 6) is -0.968. The molecule has 4 N–H and O–H groups in total. The summed E-state index contributed by atoms with van der Waals surface area (Å²) in [6.45, 7) is 0.536. The third-order valence-corrected chi connectivity index (χ3v) is 3.49. The lowest BCUT2D eigenvalue weighted by molar-refractivity contribution is 0.0992. The van der Waals surface area contributed by atoms with Gasteiger partial charge >= 0.3 is 0 Å². The number of nitrogens with two attached hydrogens (primary N) is 2. The Balaban J connectivity index is 2.00. The summed E-state index contributed by atoms with van der Waals surface area (Å²) in [5, 5.41) is 0. The van der Waals surface area contributed by atoms with Gasteiger partial charge in [0.05, 0.1) is 11.1 Å². The van der Waals surface area contributed by atoms with E-state index in [1.165, 1.54) is 0 Å². The van der Waals surface area contributed by atoms with Gasteiger partial charge in [0.2, 0.25) is 5.91 Å². The SMILES string of the molecule is NC(=O)c1ccc(Cn2cc(C(N)=O)c3ncccc32)cc1. The summed E-state index contributed by atoms with van der Waals surface area (Å²) in [7, 11) is 0. The molecule has 0 unspecified atom stereocenters. The molecule has 110 valence electrons. The molecule has 0 atom stereocenters. The summed E-state index contributed by atoms with van der Waals surface area (Å²) in [4.78, 5) is 26.8. The predicted molar refractivity (Wildman–Crippen MR) is 82.3 cm³/mol. The number of benzene rings is 1. The molecule has 1 aromatic carbocycles. The van der Waals surface area contributed by atoms with Crippen LogP contribution in [0.2, 0.25) is 0 Å². The van der Waals surface area contributed by atoms with Gasteiger partial charge in [0.25, 0.3) is 5.91 Å². The van der Waals surface area contributed by atoms with Gasteiger partial charge in [0, 0.05) is 24.5 Å². The van der Waals surface area contributed by atoms with Crippen molar-refractivity contribution in [1.82, 2.24) is 9.55 Å². The van der Waals surface area contributed by atoms with Crippen LogP contribution in [0.15, 0.2) is 48.8 Å². The van der Waals surface area contributed by atoms with E-state index < -0.39 is 11.8 Å². The van der Waals surface area contributed by atoms with Crippen LogP contribution in [0.5, 0.6) is 0 Å². The molecule has 2 amide bonds. The molecule has 3 aromatic rings. The zero-order chi connectivity index (χ0) is 15.7. The van der Waals surface area contributed by atoms with E-state index in [1.54, 1.807) is 30.6 Å². The number of fused-ring (bicyclic) bond motifs is 1. The van der Waals surface area contributed by atoms with Gasteiger partial charge in [-0.05, 0) is 29.8 Å². The van der Waals surface area contributed by atoms with Crippen molar-refractivity contribution in [2.45, 2.75) is 6.54 Å². The average Bonchev–Trinajstić information content (AvgIpc) is 2.87. The number of hydrogen-bond acceptors (Lipinski definition) is 3. The molecule has 0 spiro atoms. The molecule has 22 heavy (non-hydrogen) atoms. The van der Waals surface area contributed by atoms with Crippen LogP contribution < -0.4 is 11.5 Å². The standard InChI is InChI=1S/C16H14N4O2/c17-15(21)11-5-3-10(4-6-11)8-20-9-12(16(18)22)14-13(20)2-1-7-19-14/h1-7,9H,8H2,(H2,17,21)(H2,18,22). The van der Waals surface area contributed by atoms with Crippen LogP contribution in [0, 0.1) is 0 Å². The minimum Gasteiger partial charge on any atom is -0.366 e. The Labute approximate surface area is 126 Å². The summed E-state index contributed by atoms with van der Waals surface area (Å²) >= 11 is 0. The largest absolute Gasteiger partial charge is 0.366 e. The third kappa shape index (κ3) is 2.42. The van der Waals surface area contributed by atoms with Crippen molar-refractivity contribution in [2.75, 3.05) is 0 Å². The van der Waals surface area contributed by atoms with E-state index in [-0.39, 0.29) is 0 Å². The lowest BCUT2D eigenvalue weighted by Crippen LogP contribution is -2.11. The fraction of sp³-hybridized carbons (Fsp3) is 0.0625. The minimum absolute atomic E-state index is 0.393. The summed E-state index contributed by atoms with van der Waals surface area (Å²) < 4.78 is 1.90. The van der Waals surface area contributed by atoms with Crippen LogP contribution in [0.1, 0.15) is 26.3 Å². The topological polar surface area (TPSA) is 104 Å². The Kier molecular flexibility index (Phi) is 3.34. The molecule has 0 aliphatic carbocycles. The zero-order valence-corrected chi connectivity index (χ0v) is 11.7. The van der Waals surface area contributed by atoms with Crippen molar-refractivity contribution in [3.05, 3.63) is 65.5 Å². The number of carbonyl (C=O) groups excluding carboxylic acids is 2. The molecule has 0 fully saturated rings. The number of carbonyl (C=O) groups is 2. The molecule has 0 aliphatic rings. The molecule has 0 aliphatic heterocycles. The van der Waals surface area contributed by atoms with Crippen LogP contribution in [0.3, 0.4) is 0 Å². The van der Waals surface area contributed by atoms with Crippen LogP contribution in [-0.2, 0) is 6.54 Å². The van der Waals surface area contributed by atoms with Crippen molar-refractivity contribution in [1.29, 1.82) is 0 Å². The molecule has 0 saturated heterocycles. The highest BCUT2D eigenvalue weighted by Gasteiger charge is 2.13. The molecular formula is C16H14N4O2. The number of rotatable bonds is 4. The first kappa shape index (κ1) is 13.8. The first-order valence-electron chi connectivity index (χ1n) is 6.68. The van der Waals surface area contributed by atoms with E-state index in [0.717, 1.165) is 11.1 Å². The van der Waals surface area contributed by atoms with E-state index in [0.29, 0.717) is 23.2 Å². The van der Waals surface area contributed by atoms with Crippen molar-refractivity contribution >= 4 is 22.8 Å². The molecule has 2 aromatic heterocycles. The molecule has 3 rings (SSSR count). The van der Waals surface area contributed by atoms with Gasteiger partial charge in [-0.3, -0.25) is 14.6 Å². The summed E-state index contributed by atoms with van der Waals surface area (Å²) in [6, 6.07) is 10.7. The van der Waals surface area contributed by atoms with Crippen LogP contribution in [-0.4, -0.2) is 21.4 Å². The van der Waals surface area contributed by atoms with E-state index in [1.807, 2.05) is 22.8 Å². The predicted octanol–water partition coefficient (Wildman–Crippen LogP) is 1.28. The first-order chi connectivity index (χ1) is 10.6. The Bertz CT molecular complexity index is 865. The van der Waals surface area contributed by atoms with Gasteiger partial charge < -0.3 is 16.0 Å². The maximum Gasteiger partial charge on any atom is 0.252 e. The highest BCUT2D eigenvalue weighted by Crippen LogP contribution is 2.20. The molecule has 0 radical (unpaired) electrons. The Hall–Kier alpha value is -3.15. The lowest BCUT2D eigenvalue weighted by Gasteiger charge is -2.06. The van der Waals surface area contributed by atoms with E-state index in [9.17, 15) is 9.59 Å². The van der Waals surface area contributed by atoms with Crippen LogP contribution in [0.4, 0.5) is 0 Å². The maximum atomic E-state index is 11.5. The fourth-order valence-corrected chi connectivity index (χ4v) is 2.40. The Morgan fingerprint density at radius 1 is 1.05 bits per heavy atom. The van der Waals surface area contributed by atoms with Crippen LogP contribution in [0.25, 0.3) is 11.0 Å². The summed E-state index contributed by atoms with van der Waals surface area (Å²) in [5.41, 5.74) is 13.9. The number of aromatic nitrogens is 2. The number of nitrogens with zero attached hydrogens (tertiary/aromatic N) is 2. The highest BCUT2D eigenvalue weighted by molar-refractivity contribution is 6.04. The van der Waals surface area contributed by atoms with Crippen molar-refractivity contribution in [3.8, 4) is 0 Å². The van der Waals surface area contributed by atoms with Crippen molar-refractivity contribution in [2.24, 2.45) is 11.5 Å². The molecule has 6 heteroatoms. The number of primary amides is 2. The molecule has 6 nitrogen and oxygen atoms in total. The maximum absolute atomic E-state index is 11.5. The lowest BCUT2D eigenvalue weighted by atomic mass is 10.1. The normalized spacial score (nSPS) is 10.7. The van der Waals surface area contributed by atoms with Crippen LogP contribution >= 0.6 is 0 Å². The van der Waals surface area contributed by atoms with E-state index in [2.05, 4.69) is 4.98 Å². The van der Waals surface area contributed by atoms with Crippen molar-refractivity contribution < 1.29 is 9.59 Å². The minimum atomic E-state index is -0.508. The first-order valence-corrected chi connectivity index (χ1v) is 6.68. The van der Waals surface area contributed by atoms with Gasteiger partial charge in [-0.15, -0.1) is 0 Å². The van der Waals surface area contributed by atoms with Gasteiger partial charge in [-0.2, -0.15) is 0 Å². The number of amides is 2. The molecular weight excluding hydrogens is 280 g/mol. The number of pyridine rings is 1. The van der Waals surface area contributed by atoms with E-state index in [4.69, 9.17) is 11.5 Å². The van der Waals surface area contributed by atoms with Gasteiger partial charge in [0.1, 0.15) is 5.52 Å². The zero-order valence-electron chi connectivity index (χ0n) is 11.7. The quantitative estimate of drug-likeness (QED) is 0.757. The second kappa shape index (κ2) is 5.33. The van der Waals surface area contributed by atoms with Gasteiger partial charge in [-0.25, -0.2) is 0 Å². The Morgan fingerprint density at radius 3 is 2.41 bits per heavy atom. The third-order valence-electron chi connectivity index (χ3n) is 3.49. The smallest absolute Gasteiger partial charge is 0.252 e. The fourth-order valence-electron chi connectivity index (χ4n) is 2.40. The highest BCUT2D eigenvalue weighted by atomic mass is 16.1. The van der Waals surface area contributed by atoms with Gasteiger partial charge in [0.15, 0.2) is 0 Å². The second-order valence-electron chi connectivity index (χ2n) is 4.97. The Morgan fingerprint density at radius 2 is 1.77 bits per heavy atom. The monoisotopic (exact) mass is 294 g/mol. The molecule has 2 heterocycles. The number of hydrogen-bond donors (Lipinski definition) is 2. The molecule has 0 saturated carbocycles. The second-order valence-corrected chi connectivity index (χ2v) is 4.97. The molecule has 0 bridgehead atoms. The summed E-state index contributed by atoms with van der Waals surface area (Å²) in [6.07, 6.45) is 3.32. The van der Waals surface area contributed by atoms with E-state index >= 15 is 0 Å². The average molecular weight is 294 g/mol. The van der Waals surface area contributed by atoms with Gasteiger partial charge in [-0.1, -0.05) is 12.1 Å². The van der Waals surface area contributed by atoms with Crippen molar-refractivity contribution in [3.63, 3.8) is 0 Å².